The summed E-state index contributed by atoms with van der Waals surface area (Å²) in [5, 5.41) is 3.62. The molecule has 1 aliphatic rings. The quantitative estimate of drug-likeness (QED) is 0.397. The van der Waals surface area contributed by atoms with Crippen molar-refractivity contribution in [3.05, 3.63) is 51.8 Å². The first-order chi connectivity index (χ1) is 16.5. The smallest absolute Gasteiger partial charge is 0.264 e. The first-order valence-electron chi connectivity index (χ1n) is 11.1. The number of aromatic nitrogens is 1. The van der Waals surface area contributed by atoms with Crippen molar-refractivity contribution in [2.75, 3.05) is 27.3 Å². The van der Waals surface area contributed by atoms with Crippen molar-refractivity contribution >= 4 is 54.8 Å². The molecule has 1 fully saturated rings. The summed E-state index contributed by atoms with van der Waals surface area (Å²) >= 11 is 2.97. The van der Waals surface area contributed by atoms with E-state index in [1.807, 2.05) is 42.2 Å². The molecule has 1 saturated heterocycles. The van der Waals surface area contributed by atoms with Gasteiger partial charge in [0.2, 0.25) is 0 Å². The Bertz CT molecular complexity index is 1390. The number of likely N-dealkylation sites (tertiary alicyclic amines) is 1. The number of aryl methyl sites for hydroxylation is 1. The standard InChI is InChI=1S/C25H25N3O4S2/c1-14-22(24(29)26-2)17-7-6-16(11-20(17)33-14)32-19-8-9-27-18-12-21(34-23(18)19)25(30)28-10-4-5-15(28)13-31-3/h6-9,11-12,15H,4-5,10,13H2,1-3H3,(H,26,29)/t15-/m0/s1. The van der Waals surface area contributed by atoms with Crippen LogP contribution in [0.1, 0.15) is 37.7 Å². The van der Waals surface area contributed by atoms with Gasteiger partial charge in [0.05, 0.1) is 33.3 Å². The second-order valence-corrected chi connectivity index (χ2v) is 10.6. The molecule has 0 aliphatic carbocycles. The molecule has 0 unspecified atom stereocenters. The van der Waals surface area contributed by atoms with E-state index in [1.165, 1.54) is 11.3 Å². The molecule has 34 heavy (non-hydrogen) atoms. The van der Waals surface area contributed by atoms with Crippen LogP contribution >= 0.6 is 22.7 Å². The molecular weight excluding hydrogens is 470 g/mol. The molecule has 9 heteroatoms. The van der Waals surface area contributed by atoms with E-state index >= 15 is 0 Å². The highest BCUT2D eigenvalue weighted by Crippen LogP contribution is 2.38. The van der Waals surface area contributed by atoms with Gasteiger partial charge in [-0.2, -0.15) is 0 Å². The lowest BCUT2D eigenvalue weighted by molar-refractivity contribution is 0.0635. The van der Waals surface area contributed by atoms with E-state index in [2.05, 4.69) is 10.3 Å². The van der Waals surface area contributed by atoms with Crippen molar-refractivity contribution in [3.63, 3.8) is 0 Å². The summed E-state index contributed by atoms with van der Waals surface area (Å²) in [4.78, 5) is 33.5. The van der Waals surface area contributed by atoms with E-state index in [4.69, 9.17) is 9.47 Å². The molecule has 1 N–H and O–H groups in total. The van der Waals surface area contributed by atoms with E-state index in [0.29, 0.717) is 28.5 Å². The van der Waals surface area contributed by atoms with Crippen molar-refractivity contribution in [3.8, 4) is 11.5 Å². The van der Waals surface area contributed by atoms with Crippen LogP contribution in [0.4, 0.5) is 0 Å². The number of rotatable bonds is 6. The summed E-state index contributed by atoms with van der Waals surface area (Å²) in [5.41, 5.74) is 1.44. The first-order valence-corrected chi connectivity index (χ1v) is 12.7. The van der Waals surface area contributed by atoms with E-state index in [9.17, 15) is 9.59 Å². The fourth-order valence-electron chi connectivity index (χ4n) is 4.51. The Hall–Kier alpha value is -3.01. The van der Waals surface area contributed by atoms with Gasteiger partial charge < -0.3 is 19.7 Å². The molecule has 1 aromatic carbocycles. The maximum atomic E-state index is 13.2. The van der Waals surface area contributed by atoms with Crippen molar-refractivity contribution in [1.82, 2.24) is 15.2 Å². The summed E-state index contributed by atoms with van der Waals surface area (Å²) in [5.74, 6) is 1.26. The van der Waals surface area contributed by atoms with Crippen LogP contribution in [0.5, 0.6) is 11.5 Å². The number of pyridine rings is 1. The van der Waals surface area contributed by atoms with Gasteiger partial charge in [0.25, 0.3) is 11.8 Å². The molecule has 3 aromatic heterocycles. The Labute approximate surface area is 205 Å². The maximum absolute atomic E-state index is 13.2. The normalized spacial score (nSPS) is 15.9. The number of methoxy groups -OCH3 is 1. The molecule has 0 radical (unpaired) electrons. The van der Waals surface area contributed by atoms with Crippen LogP contribution in [-0.2, 0) is 4.74 Å². The van der Waals surface area contributed by atoms with Gasteiger partial charge in [-0.15, -0.1) is 22.7 Å². The second-order valence-electron chi connectivity index (χ2n) is 8.26. The number of hydrogen-bond acceptors (Lipinski definition) is 7. The Morgan fingerprint density at radius 1 is 1.24 bits per heavy atom. The molecule has 7 nitrogen and oxygen atoms in total. The lowest BCUT2D eigenvalue weighted by atomic mass is 10.1. The second kappa shape index (κ2) is 9.32. The number of nitrogens with one attached hydrogen (secondary N) is 1. The van der Waals surface area contributed by atoms with Crippen LogP contribution in [0, 0.1) is 6.92 Å². The average molecular weight is 496 g/mol. The molecule has 4 aromatic rings. The molecule has 0 saturated carbocycles. The topological polar surface area (TPSA) is 80.8 Å². The van der Waals surface area contributed by atoms with Crippen LogP contribution < -0.4 is 10.1 Å². The van der Waals surface area contributed by atoms with Gasteiger partial charge in [0, 0.05) is 47.9 Å². The average Bonchev–Trinajstić information content (AvgIpc) is 3.55. The highest BCUT2D eigenvalue weighted by atomic mass is 32.1. The highest BCUT2D eigenvalue weighted by molar-refractivity contribution is 7.21. The summed E-state index contributed by atoms with van der Waals surface area (Å²) < 4.78 is 13.4. The molecule has 0 bridgehead atoms. The zero-order valence-electron chi connectivity index (χ0n) is 19.2. The Balaban J connectivity index is 1.45. The lowest BCUT2D eigenvalue weighted by Gasteiger charge is -2.23. The van der Waals surface area contributed by atoms with Crippen molar-refractivity contribution in [2.24, 2.45) is 0 Å². The number of hydrogen-bond donors (Lipinski definition) is 1. The molecule has 1 aliphatic heterocycles. The highest BCUT2D eigenvalue weighted by Gasteiger charge is 2.30. The zero-order chi connectivity index (χ0) is 23.8. The fraction of sp³-hybridized carbons (Fsp3) is 0.320. The number of thiophene rings is 2. The van der Waals surface area contributed by atoms with E-state index < -0.39 is 0 Å². The molecule has 5 rings (SSSR count). The first kappa shape index (κ1) is 22.8. The van der Waals surface area contributed by atoms with Crippen LogP contribution in [-0.4, -0.2) is 55.0 Å². The summed E-state index contributed by atoms with van der Waals surface area (Å²) in [6.45, 7) is 3.25. The minimum absolute atomic E-state index is 0.0192. The molecular formula is C25H25N3O4S2. The Morgan fingerprint density at radius 3 is 2.88 bits per heavy atom. The van der Waals surface area contributed by atoms with Crippen LogP contribution in [0.2, 0.25) is 0 Å². The van der Waals surface area contributed by atoms with Gasteiger partial charge in [-0.05, 0) is 44.0 Å². The summed E-state index contributed by atoms with van der Waals surface area (Å²) in [6.07, 6.45) is 3.65. The number of benzene rings is 1. The van der Waals surface area contributed by atoms with Crippen LogP contribution in [0.3, 0.4) is 0 Å². The predicted molar refractivity (Wildman–Crippen MR) is 136 cm³/mol. The van der Waals surface area contributed by atoms with Crippen LogP contribution in [0.25, 0.3) is 20.3 Å². The zero-order valence-corrected chi connectivity index (χ0v) is 20.8. The predicted octanol–water partition coefficient (Wildman–Crippen LogP) is 5.22. The van der Waals surface area contributed by atoms with Gasteiger partial charge in [0.1, 0.15) is 11.5 Å². The Morgan fingerprint density at radius 2 is 2.09 bits per heavy atom. The SMILES string of the molecule is CNC(=O)c1c(C)sc2cc(Oc3ccnc4cc(C(=O)N5CCC[C@H]5COC)sc34)ccc12. The van der Waals surface area contributed by atoms with E-state index in [0.717, 1.165) is 44.6 Å². The molecule has 4 heterocycles. The third-order valence-corrected chi connectivity index (χ3v) is 8.30. The number of amides is 2. The van der Waals surface area contributed by atoms with Gasteiger partial charge >= 0.3 is 0 Å². The number of carbonyl (C=O) groups is 2. The molecule has 176 valence electrons. The molecule has 2 amide bonds. The Kier molecular flexibility index (Phi) is 6.24. The third-order valence-electron chi connectivity index (χ3n) is 6.10. The van der Waals surface area contributed by atoms with Gasteiger partial charge in [-0.3, -0.25) is 14.6 Å². The number of fused-ring (bicyclic) bond motifs is 2. The van der Waals surface area contributed by atoms with Crippen molar-refractivity contribution in [1.29, 1.82) is 0 Å². The summed E-state index contributed by atoms with van der Waals surface area (Å²) in [7, 11) is 3.31. The number of carbonyl (C=O) groups excluding carboxylic acids is 2. The van der Waals surface area contributed by atoms with Crippen LogP contribution in [0.15, 0.2) is 36.5 Å². The van der Waals surface area contributed by atoms with Gasteiger partial charge in [-0.1, -0.05) is 0 Å². The van der Waals surface area contributed by atoms with Crippen molar-refractivity contribution in [2.45, 2.75) is 25.8 Å². The largest absolute Gasteiger partial charge is 0.456 e. The number of ether oxygens (including phenoxy) is 2. The van der Waals surface area contributed by atoms with Gasteiger partial charge in [0.15, 0.2) is 0 Å². The van der Waals surface area contributed by atoms with E-state index in [1.54, 1.807) is 31.7 Å². The fourth-order valence-corrected chi connectivity index (χ4v) is 6.62. The minimum Gasteiger partial charge on any atom is -0.456 e. The third kappa shape index (κ3) is 4.04. The maximum Gasteiger partial charge on any atom is 0.264 e. The monoisotopic (exact) mass is 495 g/mol. The molecule has 1 atom stereocenters. The molecule has 0 spiro atoms. The minimum atomic E-state index is -0.0882. The van der Waals surface area contributed by atoms with Gasteiger partial charge in [-0.25, -0.2) is 0 Å². The van der Waals surface area contributed by atoms with Crippen molar-refractivity contribution < 1.29 is 19.1 Å². The van der Waals surface area contributed by atoms with E-state index in [-0.39, 0.29) is 17.9 Å². The lowest BCUT2D eigenvalue weighted by Crippen LogP contribution is -2.37. The summed E-state index contributed by atoms with van der Waals surface area (Å²) in [6, 6.07) is 9.52. The number of nitrogens with zero attached hydrogens (tertiary/aromatic N) is 2.